The van der Waals surface area contributed by atoms with Crippen LogP contribution in [0.5, 0.6) is 0 Å². The van der Waals surface area contributed by atoms with Crippen LogP contribution in [0, 0.1) is 12.7 Å². The van der Waals surface area contributed by atoms with E-state index in [-0.39, 0.29) is 30.1 Å². The molecule has 0 fully saturated rings. The topological polar surface area (TPSA) is 88.2 Å². The monoisotopic (exact) mass is 343 g/mol. The fourth-order valence-corrected chi connectivity index (χ4v) is 2.61. The minimum atomic E-state index is -0.351. The van der Waals surface area contributed by atoms with Crippen molar-refractivity contribution in [2.45, 2.75) is 26.3 Å². The molecule has 1 amide bonds. The molecule has 3 aromatic rings. The molecule has 2 heterocycles. The Morgan fingerprint density at radius 2 is 2.08 bits per heavy atom. The molecule has 7 heteroatoms. The number of pyridine rings is 1. The van der Waals surface area contributed by atoms with Gasteiger partial charge in [-0.15, -0.1) is 0 Å². The molecule has 0 spiro atoms. The van der Waals surface area contributed by atoms with Gasteiger partial charge in [0.1, 0.15) is 5.82 Å². The number of carbonyl (C=O) groups is 1. The minimum absolute atomic E-state index is 0.0136. The highest BCUT2D eigenvalue weighted by atomic mass is 19.1. The van der Waals surface area contributed by atoms with Crippen LogP contribution in [-0.2, 0) is 0 Å². The lowest BCUT2D eigenvalue weighted by atomic mass is 10.0. The number of hydrogen-bond donors (Lipinski definition) is 2. The third-order valence-corrected chi connectivity index (χ3v) is 3.94. The number of fused-ring (bicyclic) bond motifs is 1. The summed E-state index contributed by atoms with van der Waals surface area (Å²) in [7, 11) is 0. The average Bonchev–Trinajstić information content (AvgIpc) is 2.96. The number of benzene rings is 1. The number of carbonyl (C=O) groups excluding carboxylic acids is 1. The number of aliphatic hydroxyl groups is 1. The predicted octanol–water partition coefficient (Wildman–Crippen LogP) is 2.84. The normalized spacial score (nSPS) is 12.3. The summed E-state index contributed by atoms with van der Waals surface area (Å²) in [5, 5.41) is 16.3. The molecule has 0 saturated heterocycles. The van der Waals surface area contributed by atoms with Crippen molar-refractivity contribution in [1.82, 2.24) is 15.5 Å². The van der Waals surface area contributed by atoms with Crippen LogP contribution in [-0.4, -0.2) is 33.8 Å². The third kappa shape index (κ3) is 3.51. The largest absolute Gasteiger partial charge is 0.396 e. The van der Waals surface area contributed by atoms with E-state index in [1.165, 1.54) is 12.1 Å². The van der Waals surface area contributed by atoms with Crippen LogP contribution in [0.4, 0.5) is 4.39 Å². The van der Waals surface area contributed by atoms with Gasteiger partial charge in [0, 0.05) is 18.2 Å². The van der Waals surface area contributed by atoms with E-state index in [9.17, 15) is 9.18 Å². The molecule has 1 unspecified atom stereocenters. The van der Waals surface area contributed by atoms with Crippen molar-refractivity contribution >= 4 is 17.0 Å². The van der Waals surface area contributed by atoms with Crippen molar-refractivity contribution in [2.24, 2.45) is 0 Å². The van der Waals surface area contributed by atoms with Gasteiger partial charge in [-0.05, 0) is 50.6 Å². The van der Waals surface area contributed by atoms with Gasteiger partial charge in [0.2, 0.25) is 0 Å². The molecule has 2 N–H and O–H groups in total. The number of aliphatic hydroxyl groups excluding tert-OH is 1. The van der Waals surface area contributed by atoms with E-state index in [1.54, 1.807) is 25.1 Å². The van der Waals surface area contributed by atoms with Gasteiger partial charge in [-0.2, -0.15) is 0 Å². The molecule has 3 rings (SSSR count). The molecule has 0 radical (unpaired) electrons. The zero-order valence-corrected chi connectivity index (χ0v) is 13.9. The summed E-state index contributed by atoms with van der Waals surface area (Å²) >= 11 is 0. The molecular weight excluding hydrogens is 325 g/mol. The fraction of sp³-hybridized carbons (Fsp3) is 0.278. The molecule has 2 aromatic heterocycles. The summed E-state index contributed by atoms with van der Waals surface area (Å²) in [5.41, 5.74) is 2.35. The second-order valence-corrected chi connectivity index (χ2v) is 5.90. The highest BCUT2D eigenvalue weighted by molar-refractivity contribution is 6.07. The quantitative estimate of drug-likeness (QED) is 0.744. The molecule has 0 aliphatic heterocycles. The van der Waals surface area contributed by atoms with E-state index in [4.69, 9.17) is 9.63 Å². The van der Waals surface area contributed by atoms with E-state index in [1.807, 2.05) is 6.92 Å². The smallest absolute Gasteiger partial charge is 0.259 e. The second kappa shape index (κ2) is 6.98. The number of nitrogens with one attached hydrogen (secondary N) is 1. The first-order chi connectivity index (χ1) is 12.0. The van der Waals surface area contributed by atoms with Gasteiger partial charge in [0.25, 0.3) is 11.6 Å². The van der Waals surface area contributed by atoms with Crippen LogP contribution in [0.3, 0.4) is 0 Å². The standard InChI is InChI=1S/C18H18FN3O3/c1-10(7-8-23)20-17(24)14-9-15(12-3-5-13(19)6-4-12)21-18-16(14)11(2)22-25-18/h3-6,9-10,23H,7-8H2,1-2H3,(H,20,24). The number of nitrogens with zero attached hydrogens (tertiary/aromatic N) is 2. The molecule has 0 saturated carbocycles. The lowest BCUT2D eigenvalue weighted by Gasteiger charge is -2.13. The molecule has 130 valence electrons. The predicted molar refractivity (Wildman–Crippen MR) is 90.6 cm³/mol. The number of amides is 1. The first-order valence-electron chi connectivity index (χ1n) is 7.94. The molecule has 1 aromatic carbocycles. The summed E-state index contributed by atoms with van der Waals surface area (Å²) in [6.07, 6.45) is 0.452. The van der Waals surface area contributed by atoms with Gasteiger partial charge in [-0.1, -0.05) is 5.16 Å². The molecular formula is C18H18FN3O3. The summed E-state index contributed by atoms with van der Waals surface area (Å²) < 4.78 is 18.4. The first kappa shape index (κ1) is 17.0. The molecule has 25 heavy (non-hydrogen) atoms. The fourth-order valence-electron chi connectivity index (χ4n) is 2.61. The molecule has 0 bridgehead atoms. The van der Waals surface area contributed by atoms with Crippen LogP contribution in [0.2, 0.25) is 0 Å². The van der Waals surface area contributed by atoms with Crippen LogP contribution in [0.25, 0.3) is 22.4 Å². The van der Waals surface area contributed by atoms with Gasteiger partial charge in [-0.25, -0.2) is 9.37 Å². The van der Waals surface area contributed by atoms with Crippen molar-refractivity contribution in [2.75, 3.05) is 6.61 Å². The third-order valence-electron chi connectivity index (χ3n) is 3.94. The van der Waals surface area contributed by atoms with Gasteiger partial charge >= 0.3 is 0 Å². The zero-order valence-electron chi connectivity index (χ0n) is 13.9. The van der Waals surface area contributed by atoms with Crippen LogP contribution in [0.15, 0.2) is 34.9 Å². The second-order valence-electron chi connectivity index (χ2n) is 5.90. The Hall–Kier alpha value is -2.80. The van der Waals surface area contributed by atoms with E-state index in [0.29, 0.717) is 34.3 Å². The molecule has 0 aliphatic carbocycles. The summed E-state index contributed by atoms with van der Waals surface area (Å²) in [5.74, 6) is -0.654. The number of rotatable bonds is 5. The maximum absolute atomic E-state index is 13.1. The molecule has 1 atom stereocenters. The van der Waals surface area contributed by atoms with Crippen molar-refractivity contribution in [1.29, 1.82) is 0 Å². The Morgan fingerprint density at radius 1 is 1.36 bits per heavy atom. The van der Waals surface area contributed by atoms with E-state index in [0.717, 1.165) is 0 Å². The lowest BCUT2D eigenvalue weighted by molar-refractivity contribution is 0.0936. The highest BCUT2D eigenvalue weighted by Gasteiger charge is 2.20. The molecule has 0 aliphatic rings. The average molecular weight is 343 g/mol. The van der Waals surface area contributed by atoms with Gasteiger partial charge in [0.15, 0.2) is 0 Å². The zero-order chi connectivity index (χ0) is 18.0. The van der Waals surface area contributed by atoms with Crippen molar-refractivity contribution < 1.29 is 18.8 Å². The van der Waals surface area contributed by atoms with Gasteiger partial charge in [0.05, 0.1) is 22.3 Å². The first-order valence-corrected chi connectivity index (χ1v) is 7.94. The van der Waals surface area contributed by atoms with E-state index in [2.05, 4.69) is 15.5 Å². The minimum Gasteiger partial charge on any atom is -0.396 e. The van der Waals surface area contributed by atoms with Crippen molar-refractivity contribution in [3.63, 3.8) is 0 Å². The Bertz CT molecular complexity index is 906. The highest BCUT2D eigenvalue weighted by Crippen LogP contribution is 2.27. The maximum atomic E-state index is 13.1. The van der Waals surface area contributed by atoms with E-state index >= 15 is 0 Å². The SMILES string of the molecule is Cc1noc2nc(-c3ccc(F)cc3)cc(C(=O)NC(C)CCO)c12. The summed E-state index contributed by atoms with van der Waals surface area (Å²) in [4.78, 5) is 17.1. The van der Waals surface area contributed by atoms with E-state index < -0.39 is 0 Å². The number of aryl methyl sites for hydroxylation is 1. The van der Waals surface area contributed by atoms with Crippen molar-refractivity contribution in [3.8, 4) is 11.3 Å². The Morgan fingerprint density at radius 3 is 2.76 bits per heavy atom. The Balaban J connectivity index is 2.07. The summed E-state index contributed by atoms with van der Waals surface area (Å²) in [6.45, 7) is 3.53. The molecule has 6 nitrogen and oxygen atoms in total. The van der Waals surface area contributed by atoms with Gasteiger partial charge < -0.3 is 14.9 Å². The van der Waals surface area contributed by atoms with Gasteiger partial charge in [-0.3, -0.25) is 4.79 Å². The lowest BCUT2D eigenvalue weighted by Crippen LogP contribution is -2.33. The Kier molecular flexibility index (Phi) is 4.76. The summed E-state index contributed by atoms with van der Waals surface area (Å²) in [6, 6.07) is 7.29. The Labute approximate surface area is 143 Å². The van der Waals surface area contributed by atoms with Crippen LogP contribution < -0.4 is 5.32 Å². The number of aromatic nitrogens is 2. The van der Waals surface area contributed by atoms with Crippen molar-refractivity contribution in [3.05, 3.63) is 47.4 Å². The van der Waals surface area contributed by atoms with Crippen LogP contribution in [0.1, 0.15) is 29.4 Å². The van der Waals surface area contributed by atoms with Crippen LogP contribution >= 0.6 is 0 Å². The maximum Gasteiger partial charge on any atom is 0.259 e. The number of halogens is 1. The number of hydrogen-bond acceptors (Lipinski definition) is 5.